The van der Waals surface area contributed by atoms with Crippen molar-refractivity contribution in [3.05, 3.63) is 34.9 Å². The van der Waals surface area contributed by atoms with E-state index in [4.69, 9.17) is 16.7 Å². The van der Waals surface area contributed by atoms with Crippen molar-refractivity contribution in [2.24, 2.45) is 5.92 Å². The number of hydrogen-bond acceptors (Lipinski definition) is 2. The molecule has 1 amide bonds. The molecule has 1 rings (SSSR count). The predicted octanol–water partition coefficient (Wildman–Crippen LogP) is 2.84. The highest BCUT2D eigenvalue weighted by molar-refractivity contribution is 6.30. The molecule has 0 heterocycles. The highest BCUT2D eigenvalue weighted by Gasteiger charge is 2.16. The Bertz CT molecular complexity index is 459. The molecule has 0 spiro atoms. The fourth-order valence-corrected chi connectivity index (χ4v) is 2.00. The zero-order valence-electron chi connectivity index (χ0n) is 11.8. The van der Waals surface area contributed by atoms with Gasteiger partial charge < -0.3 is 10.0 Å². The zero-order valence-corrected chi connectivity index (χ0v) is 12.6. The second kappa shape index (κ2) is 7.90. The average Bonchev–Trinajstić information content (AvgIpc) is 2.40. The van der Waals surface area contributed by atoms with Gasteiger partial charge in [0.1, 0.15) is 0 Å². The van der Waals surface area contributed by atoms with E-state index in [9.17, 15) is 9.59 Å². The first-order chi connectivity index (χ1) is 9.40. The van der Waals surface area contributed by atoms with Gasteiger partial charge in [-0.1, -0.05) is 30.7 Å². The fourth-order valence-electron chi connectivity index (χ4n) is 1.88. The van der Waals surface area contributed by atoms with E-state index in [-0.39, 0.29) is 12.5 Å². The van der Waals surface area contributed by atoms with E-state index in [0.717, 1.165) is 18.4 Å². The molecule has 0 aliphatic carbocycles. The Kier molecular flexibility index (Phi) is 6.52. The van der Waals surface area contributed by atoms with Crippen molar-refractivity contribution in [2.75, 3.05) is 13.6 Å². The first kappa shape index (κ1) is 16.5. The van der Waals surface area contributed by atoms with Crippen molar-refractivity contribution in [1.82, 2.24) is 4.90 Å². The topological polar surface area (TPSA) is 57.6 Å². The number of hydrogen-bond donors (Lipinski definition) is 1. The van der Waals surface area contributed by atoms with Crippen molar-refractivity contribution in [1.29, 1.82) is 0 Å². The second-order valence-corrected chi connectivity index (χ2v) is 5.43. The number of carboxylic acid groups (broad SMARTS) is 1. The second-order valence-electron chi connectivity index (χ2n) is 4.99. The number of aryl methyl sites for hydroxylation is 1. The van der Waals surface area contributed by atoms with Gasteiger partial charge >= 0.3 is 5.97 Å². The van der Waals surface area contributed by atoms with Gasteiger partial charge in [-0.25, -0.2) is 0 Å². The van der Waals surface area contributed by atoms with Crippen LogP contribution in [-0.2, 0) is 16.0 Å². The Morgan fingerprint density at radius 2 is 1.90 bits per heavy atom. The normalized spacial score (nSPS) is 11.9. The van der Waals surface area contributed by atoms with Crippen LogP contribution in [0.2, 0.25) is 5.02 Å². The lowest BCUT2D eigenvalue weighted by Gasteiger charge is -2.19. The third-order valence-corrected chi connectivity index (χ3v) is 3.42. The maximum absolute atomic E-state index is 11.9. The van der Waals surface area contributed by atoms with Crippen LogP contribution in [0.3, 0.4) is 0 Å². The lowest BCUT2D eigenvalue weighted by Crippen LogP contribution is -2.33. The number of carbonyl (C=O) groups is 2. The standard InChI is InChI=1S/C15H20ClNO3/c1-11(15(19)20)10-17(2)14(18)5-3-4-12-6-8-13(16)9-7-12/h6-9,11H,3-5,10H2,1-2H3,(H,19,20). The minimum Gasteiger partial charge on any atom is -0.481 e. The molecule has 0 aliphatic rings. The predicted molar refractivity (Wildman–Crippen MR) is 78.8 cm³/mol. The van der Waals surface area contributed by atoms with Crippen molar-refractivity contribution in [3.63, 3.8) is 0 Å². The summed E-state index contributed by atoms with van der Waals surface area (Å²) in [5.41, 5.74) is 1.14. The molecule has 1 unspecified atom stereocenters. The molecule has 0 saturated heterocycles. The Hall–Kier alpha value is -1.55. The summed E-state index contributed by atoms with van der Waals surface area (Å²) >= 11 is 5.80. The Morgan fingerprint density at radius 1 is 1.30 bits per heavy atom. The van der Waals surface area contributed by atoms with E-state index in [1.807, 2.05) is 24.3 Å². The molecule has 4 nitrogen and oxygen atoms in total. The third-order valence-electron chi connectivity index (χ3n) is 3.16. The van der Waals surface area contributed by atoms with Crippen molar-refractivity contribution >= 4 is 23.5 Å². The molecule has 0 bridgehead atoms. The molecular formula is C15H20ClNO3. The number of nitrogens with zero attached hydrogens (tertiary/aromatic N) is 1. The summed E-state index contributed by atoms with van der Waals surface area (Å²) in [5, 5.41) is 9.51. The Balaban J connectivity index is 2.32. The SMILES string of the molecule is CC(CN(C)C(=O)CCCc1ccc(Cl)cc1)C(=O)O. The highest BCUT2D eigenvalue weighted by atomic mass is 35.5. The first-order valence-corrected chi connectivity index (χ1v) is 6.99. The van der Waals surface area contributed by atoms with Crippen LogP contribution in [0.1, 0.15) is 25.3 Å². The van der Waals surface area contributed by atoms with Crippen molar-refractivity contribution in [2.45, 2.75) is 26.2 Å². The summed E-state index contributed by atoms with van der Waals surface area (Å²) in [6.07, 6.45) is 1.98. The lowest BCUT2D eigenvalue weighted by molar-refractivity contribution is -0.142. The van der Waals surface area contributed by atoms with E-state index in [2.05, 4.69) is 0 Å². The quantitative estimate of drug-likeness (QED) is 0.842. The summed E-state index contributed by atoms with van der Waals surface area (Å²) < 4.78 is 0. The highest BCUT2D eigenvalue weighted by Crippen LogP contribution is 2.12. The number of aliphatic carboxylic acids is 1. The Labute approximate surface area is 124 Å². The number of rotatable bonds is 7. The lowest BCUT2D eigenvalue weighted by atomic mass is 10.1. The minimum absolute atomic E-state index is 0.0212. The molecule has 20 heavy (non-hydrogen) atoms. The molecule has 0 aliphatic heterocycles. The van der Waals surface area contributed by atoms with Crippen LogP contribution in [-0.4, -0.2) is 35.5 Å². The van der Waals surface area contributed by atoms with Gasteiger partial charge in [0, 0.05) is 25.0 Å². The summed E-state index contributed by atoms with van der Waals surface area (Å²) in [7, 11) is 1.64. The van der Waals surface area contributed by atoms with Crippen molar-refractivity contribution in [3.8, 4) is 0 Å². The molecule has 0 aromatic heterocycles. The molecule has 1 aromatic carbocycles. The number of amides is 1. The van der Waals surface area contributed by atoms with Crippen LogP contribution in [0.15, 0.2) is 24.3 Å². The van der Waals surface area contributed by atoms with E-state index in [1.165, 1.54) is 4.90 Å². The smallest absolute Gasteiger partial charge is 0.308 e. The van der Waals surface area contributed by atoms with Gasteiger partial charge in [0.05, 0.1) is 5.92 Å². The summed E-state index contributed by atoms with van der Waals surface area (Å²) in [4.78, 5) is 24.1. The van der Waals surface area contributed by atoms with E-state index in [1.54, 1.807) is 14.0 Å². The average molecular weight is 298 g/mol. The van der Waals surface area contributed by atoms with Crippen LogP contribution in [0.25, 0.3) is 0 Å². The summed E-state index contributed by atoms with van der Waals surface area (Å²) in [5.74, 6) is -1.45. The fraction of sp³-hybridized carbons (Fsp3) is 0.467. The van der Waals surface area contributed by atoms with Gasteiger partial charge in [-0.3, -0.25) is 9.59 Å². The molecular weight excluding hydrogens is 278 g/mol. The molecule has 1 atom stereocenters. The molecule has 110 valence electrons. The Morgan fingerprint density at radius 3 is 2.45 bits per heavy atom. The monoisotopic (exact) mass is 297 g/mol. The third kappa shape index (κ3) is 5.61. The molecule has 1 aromatic rings. The van der Waals surface area contributed by atoms with Crippen molar-refractivity contribution < 1.29 is 14.7 Å². The minimum atomic E-state index is -0.884. The number of halogens is 1. The zero-order chi connectivity index (χ0) is 15.1. The van der Waals surface area contributed by atoms with E-state index in [0.29, 0.717) is 11.4 Å². The van der Waals surface area contributed by atoms with Crippen LogP contribution >= 0.6 is 11.6 Å². The van der Waals surface area contributed by atoms with E-state index >= 15 is 0 Å². The largest absolute Gasteiger partial charge is 0.481 e. The summed E-state index contributed by atoms with van der Waals surface area (Å²) in [6.45, 7) is 1.84. The van der Waals surface area contributed by atoms with E-state index < -0.39 is 11.9 Å². The summed E-state index contributed by atoms with van der Waals surface area (Å²) in [6, 6.07) is 7.56. The van der Waals surface area contributed by atoms with Gasteiger partial charge in [0.2, 0.25) is 5.91 Å². The van der Waals surface area contributed by atoms with Crippen LogP contribution in [0.4, 0.5) is 0 Å². The maximum Gasteiger partial charge on any atom is 0.308 e. The number of carbonyl (C=O) groups excluding carboxylic acids is 1. The molecule has 1 N–H and O–H groups in total. The van der Waals surface area contributed by atoms with Crippen LogP contribution < -0.4 is 0 Å². The molecule has 5 heteroatoms. The van der Waals surface area contributed by atoms with Crippen LogP contribution in [0, 0.1) is 5.92 Å². The van der Waals surface area contributed by atoms with Gasteiger partial charge in [-0.2, -0.15) is 0 Å². The number of benzene rings is 1. The van der Waals surface area contributed by atoms with Gasteiger partial charge in [0.15, 0.2) is 0 Å². The van der Waals surface area contributed by atoms with Gasteiger partial charge in [0.25, 0.3) is 0 Å². The molecule has 0 saturated carbocycles. The number of carboxylic acids is 1. The molecule has 0 radical (unpaired) electrons. The first-order valence-electron chi connectivity index (χ1n) is 6.61. The van der Waals surface area contributed by atoms with Gasteiger partial charge in [-0.05, 0) is 30.5 Å². The molecule has 0 fully saturated rings. The van der Waals surface area contributed by atoms with Crippen LogP contribution in [0.5, 0.6) is 0 Å². The maximum atomic E-state index is 11.9. The van der Waals surface area contributed by atoms with Gasteiger partial charge in [-0.15, -0.1) is 0 Å².